The molecule has 2 N–H and O–H groups in total. The molecule has 1 aliphatic heterocycles. The predicted octanol–water partition coefficient (Wildman–Crippen LogP) is 1.21. The summed E-state index contributed by atoms with van der Waals surface area (Å²) < 4.78 is 9.65. The summed E-state index contributed by atoms with van der Waals surface area (Å²) in [4.78, 5) is 2.12. The molecule has 1 aromatic rings. The van der Waals surface area contributed by atoms with Crippen molar-refractivity contribution in [2.24, 2.45) is 0 Å². The number of hydrogen-bond donors (Lipinski definition) is 1. The summed E-state index contributed by atoms with van der Waals surface area (Å²) in [5.41, 5.74) is 5.94. The van der Waals surface area contributed by atoms with Gasteiger partial charge in [0.2, 0.25) is 0 Å². The van der Waals surface area contributed by atoms with E-state index in [0.717, 1.165) is 18.1 Å². The second-order valence-electron chi connectivity index (χ2n) is 4.39. The van der Waals surface area contributed by atoms with Gasteiger partial charge in [0.05, 0.1) is 12.2 Å². The summed E-state index contributed by atoms with van der Waals surface area (Å²) in [6.45, 7) is 6.27. The summed E-state index contributed by atoms with van der Waals surface area (Å²) >= 11 is 1.28. The number of rotatable bonds is 1. The lowest BCUT2D eigenvalue weighted by Crippen LogP contribution is -2.48. The maximum absolute atomic E-state index is 9.03. The average molecular weight is 238 g/mol. The molecule has 1 aliphatic rings. The van der Waals surface area contributed by atoms with E-state index in [0.29, 0.717) is 18.0 Å². The summed E-state index contributed by atoms with van der Waals surface area (Å²) in [5.74, 6) is 0.326. The van der Waals surface area contributed by atoms with E-state index >= 15 is 0 Å². The lowest BCUT2D eigenvalue weighted by atomic mass is 10.1. The zero-order valence-corrected chi connectivity index (χ0v) is 10.2. The number of nitrogens with zero attached hydrogens (tertiary/aromatic N) is 3. The number of nitrogens with two attached hydrogens (primary N) is 1. The molecule has 6 heteroatoms. The topological polar surface area (TPSA) is 75.2 Å². The van der Waals surface area contributed by atoms with Gasteiger partial charge in [0.1, 0.15) is 16.6 Å². The minimum absolute atomic E-state index is 0.191. The minimum Gasteiger partial charge on any atom is -0.382 e. The van der Waals surface area contributed by atoms with Gasteiger partial charge in [0.25, 0.3) is 0 Å². The van der Waals surface area contributed by atoms with Crippen molar-refractivity contribution in [1.29, 1.82) is 5.26 Å². The Morgan fingerprint density at radius 2 is 2.38 bits per heavy atom. The lowest BCUT2D eigenvalue weighted by Gasteiger charge is -2.38. The summed E-state index contributed by atoms with van der Waals surface area (Å²) in [6.07, 6.45) is 0. The highest BCUT2D eigenvalue weighted by Gasteiger charge is 2.30. The molecule has 2 rings (SSSR count). The molecule has 0 bridgehead atoms. The molecule has 1 saturated heterocycles. The van der Waals surface area contributed by atoms with Crippen LogP contribution in [0, 0.1) is 11.3 Å². The van der Waals surface area contributed by atoms with Gasteiger partial charge in [0, 0.05) is 13.1 Å². The molecule has 0 spiro atoms. The highest BCUT2D eigenvalue weighted by molar-refractivity contribution is 7.10. The zero-order valence-electron chi connectivity index (χ0n) is 9.36. The van der Waals surface area contributed by atoms with Gasteiger partial charge >= 0.3 is 0 Å². The third-order valence-electron chi connectivity index (χ3n) is 2.53. The molecule has 0 atom stereocenters. The van der Waals surface area contributed by atoms with Gasteiger partial charge in [-0.25, -0.2) is 0 Å². The quantitative estimate of drug-likeness (QED) is 0.796. The third kappa shape index (κ3) is 1.96. The van der Waals surface area contributed by atoms with Crippen LogP contribution in [0.1, 0.15) is 19.4 Å². The minimum atomic E-state index is -0.191. The molecule has 1 fully saturated rings. The normalized spacial score (nSPS) is 19.4. The van der Waals surface area contributed by atoms with Crippen LogP contribution in [-0.2, 0) is 4.74 Å². The van der Waals surface area contributed by atoms with Crippen molar-refractivity contribution in [2.45, 2.75) is 19.4 Å². The van der Waals surface area contributed by atoms with Crippen molar-refractivity contribution in [3.05, 3.63) is 5.56 Å². The van der Waals surface area contributed by atoms with Crippen molar-refractivity contribution < 1.29 is 4.74 Å². The van der Waals surface area contributed by atoms with Crippen LogP contribution < -0.4 is 10.6 Å². The Bertz CT molecular complexity index is 435. The van der Waals surface area contributed by atoms with Crippen molar-refractivity contribution in [1.82, 2.24) is 4.37 Å². The van der Waals surface area contributed by atoms with Crippen LogP contribution in [0.3, 0.4) is 0 Å². The van der Waals surface area contributed by atoms with Crippen LogP contribution in [0.4, 0.5) is 10.8 Å². The Balaban J connectivity index is 2.28. The van der Waals surface area contributed by atoms with Crippen molar-refractivity contribution in [3.8, 4) is 6.07 Å². The van der Waals surface area contributed by atoms with E-state index in [2.05, 4.69) is 15.3 Å². The fourth-order valence-corrected chi connectivity index (χ4v) is 2.59. The maximum atomic E-state index is 9.03. The molecule has 0 radical (unpaired) electrons. The van der Waals surface area contributed by atoms with Gasteiger partial charge < -0.3 is 15.4 Å². The van der Waals surface area contributed by atoms with Crippen LogP contribution in [-0.4, -0.2) is 29.7 Å². The number of hydrogen-bond acceptors (Lipinski definition) is 6. The van der Waals surface area contributed by atoms with Crippen molar-refractivity contribution in [2.75, 3.05) is 30.3 Å². The Labute approximate surface area is 98.6 Å². The number of morpholine rings is 1. The van der Waals surface area contributed by atoms with Gasteiger partial charge in [-0.1, -0.05) is 0 Å². The van der Waals surface area contributed by atoms with E-state index < -0.39 is 0 Å². The number of aromatic nitrogens is 1. The van der Waals surface area contributed by atoms with Gasteiger partial charge in [0.15, 0.2) is 5.82 Å². The molecule has 2 heterocycles. The Kier molecular flexibility index (Phi) is 2.74. The van der Waals surface area contributed by atoms with Gasteiger partial charge in [-0.15, -0.1) is 0 Å². The standard InChI is InChI=1S/C10H14N4OS/c1-10(2)6-14(3-4-15-10)9-7(5-11)8(12)13-16-9/h3-4,6H2,1-2H3,(H2,12,13). The number of nitrogen functional groups attached to an aromatic ring is 1. The highest BCUT2D eigenvalue weighted by atomic mass is 32.1. The predicted molar refractivity (Wildman–Crippen MR) is 63.5 cm³/mol. The molecule has 0 aromatic carbocycles. The van der Waals surface area contributed by atoms with E-state index in [1.807, 2.05) is 13.8 Å². The monoisotopic (exact) mass is 238 g/mol. The largest absolute Gasteiger partial charge is 0.382 e. The van der Waals surface area contributed by atoms with E-state index in [-0.39, 0.29) is 5.60 Å². The molecule has 5 nitrogen and oxygen atoms in total. The van der Waals surface area contributed by atoms with Crippen molar-refractivity contribution in [3.63, 3.8) is 0 Å². The van der Waals surface area contributed by atoms with E-state index in [1.54, 1.807) is 0 Å². The summed E-state index contributed by atoms with van der Waals surface area (Å²) in [5, 5.41) is 9.89. The second kappa shape index (κ2) is 3.92. The van der Waals surface area contributed by atoms with E-state index in [1.165, 1.54) is 11.5 Å². The maximum Gasteiger partial charge on any atom is 0.157 e. The Morgan fingerprint density at radius 1 is 1.62 bits per heavy atom. The molecule has 16 heavy (non-hydrogen) atoms. The number of ether oxygens (including phenoxy) is 1. The first-order valence-corrected chi connectivity index (χ1v) is 5.85. The van der Waals surface area contributed by atoms with Gasteiger partial charge in [-0.05, 0) is 25.4 Å². The van der Waals surface area contributed by atoms with E-state index in [9.17, 15) is 0 Å². The first-order chi connectivity index (χ1) is 7.53. The first kappa shape index (κ1) is 11.2. The zero-order chi connectivity index (χ0) is 11.8. The fraction of sp³-hybridized carbons (Fsp3) is 0.600. The summed E-state index contributed by atoms with van der Waals surface area (Å²) in [7, 11) is 0. The molecule has 0 unspecified atom stereocenters. The smallest absolute Gasteiger partial charge is 0.157 e. The summed E-state index contributed by atoms with van der Waals surface area (Å²) in [6, 6.07) is 2.11. The van der Waals surface area contributed by atoms with Crippen LogP contribution in [0.5, 0.6) is 0 Å². The molecule has 1 aromatic heterocycles. The Hall–Kier alpha value is -1.32. The third-order valence-corrected chi connectivity index (χ3v) is 3.45. The second-order valence-corrected chi connectivity index (χ2v) is 5.14. The SMILES string of the molecule is CC1(C)CN(c2snc(N)c2C#N)CCO1. The lowest BCUT2D eigenvalue weighted by molar-refractivity contribution is -0.0275. The first-order valence-electron chi connectivity index (χ1n) is 5.08. The number of nitriles is 1. The molecule has 86 valence electrons. The van der Waals surface area contributed by atoms with Crippen LogP contribution in [0.25, 0.3) is 0 Å². The fourth-order valence-electron chi connectivity index (χ4n) is 1.80. The van der Waals surface area contributed by atoms with Gasteiger partial charge in [-0.2, -0.15) is 9.64 Å². The molecular weight excluding hydrogens is 224 g/mol. The average Bonchev–Trinajstić information content (AvgIpc) is 2.58. The van der Waals surface area contributed by atoms with Crippen molar-refractivity contribution >= 4 is 22.4 Å². The van der Waals surface area contributed by atoms with Crippen LogP contribution in [0.15, 0.2) is 0 Å². The molecule has 0 amide bonds. The van der Waals surface area contributed by atoms with Gasteiger partial charge in [-0.3, -0.25) is 0 Å². The Morgan fingerprint density at radius 3 is 3.00 bits per heavy atom. The number of anilines is 2. The molecule has 0 saturated carbocycles. The van der Waals surface area contributed by atoms with Crippen LogP contribution in [0.2, 0.25) is 0 Å². The molecular formula is C10H14N4OS. The van der Waals surface area contributed by atoms with Crippen LogP contribution >= 0.6 is 11.5 Å². The molecule has 0 aliphatic carbocycles. The van der Waals surface area contributed by atoms with E-state index in [4.69, 9.17) is 15.7 Å². The highest BCUT2D eigenvalue weighted by Crippen LogP contribution is 2.32.